The van der Waals surface area contributed by atoms with Crippen molar-refractivity contribution in [3.63, 3.8) is 0 Å². The summed E-state index contributed by atoms with van der Waals surface area (Å²) in [5.74, 6) is 5.22. The second kappa shape index (κ2) is 5.60. The SMILES string of the molecule is Cc1sc(C(=O)NN)cc1CN1CCC(=O)CC1. The summed E-state index contributed by atoms with van der Waals surface area (Å²) in [7, 11) is 0. The Hall–Kier alpha value is -1.24. The highest BCUT2D eigenvalue weighted by atomic mass is 32.1. The van der Waals surface area contributed by atoms with Gasteiger partial charge in [-0.05, 0) is 18.6 Å². The van der Waals surface area contributed by atoms with Gasteiger partial charge < -0.3 is 0 Å². The first-order valence-corrected chi connectivity index (χ1v) is 6.76. The molecular formula is C12H17N3O2S. The highest BCUT2D eigenvalue weighted by molar-refractivity contribution is 7.14. The number of nitrogens with one attached hydrogen (secondary N) is 1. The first kappa shape index (κ1) is 13.2. The number of amides is 1. The van der Waals surface area contributed by atoms with Gasteiger partial charge in [0.2, 0.25) is 0 Å². The van der Waals surface area contributed by atoms with Gasteiger partial charge in [0.15, 0.2) is 0 Å². The van der Waals surface area contributed by atoms with Crippen LogP contribution in [-0.2, 0) is 11.3 Å². The lowest BCUT2D eigenvalue weighted by Gasteiger charge is -2.25. The molecule has 0 saturated carbocycles. The van der Waals surface area contributed by atoms with Gasteiger partial charge in [-0.2, -0.15) is 0 Å². The highest BCUT2D eigenvalue weighted by Gasteiger charge is 2.18. The van der Waals surface area contributed by atoms with Crippen LogP contribution in [0.25, 0.3) is 0 Å². The van der Waals surface area contributed by atoms with Crippen molar-refractivity contribution in [3.05, 3.63) is 21.4 Å². The average Bonchev–Trinajstić information content (AvgIpc) is 2.73. The summed E-state index contributed by atoms with van der Waals surface area (Å²) >= 11 is 1.45. The van der Waals surface area contributed by atoms with Crippen LogP contribution in [0.15, 0.2) is 6.07 Å². The lowest BCUT2D eigenvalue weighted by Crippen LogP contribution is -2.33. The van der Waals surface area contributed by atoms with Gasteiger partial charge in [-0.15, -0.1) is 11.3 Å². The van der Waals surface area contributed by atoms with Crippen molar-refractivity contribution in [2.45, 2.75) is 26.3 Å². The number of ketones is 1. The molecule has 0 aromatic carbocycles. The third kappa shape index (κ3) is 2.95. The molecule has 5 nitrogen and oxygen atoms in total. The van der Waals surface area contributed by atoms with Crippen LogP contribution in [0, 0.1) is 6.92 Å². The summed E-state index contributed by atoms with van der Waals surface area (Å²) in [5, 5.41) is 0. The topological polar surface area (TPSA) is 75.4 Å². The molecule has 0 spiro atoms. The molecule has 0 aliphatic carbocycles. The molecule has 3 N–H and O–H groups in total. The van der Waals surface area contributed by atoms with E-state index in [-0.39, 0.29) is 5.91 Å². The number of likely N-dealkylation sites (tertiary alicyclic amines) is 1. The van der Waals surface area contributed by atoms with Crippen molar-refractivity contribution in [1.82, 2.24) is 10.3 Å². The minimum atomic E-state index is -0.247. The Morgan fingerprint density at radius 2 is 2.17 bits per heavy atom. The molecule has 1 aliphatic heterocycles. The Balaban J connectivity index is 2.03. The van der Waals surface area contributed by atoms with Crippen LogP contribution in [0.4, 0.5) is 0 Å². The van der Waals surface area contributed by atoms with Gasteiger partial charge in [-0.1, -0.05) is 0 Å². The molecule has 0 unspecified atom stereocenters. The molecule has 1 aromatic rings. The summed E-state index contributed by atoms with van der Waals surface area (Å²) in [6, 6.07) is 1.89. The van der Waals surface area contributed by atoms with Crippen LogP contribution in [0.1, 0.15) is 33.0 Å². The Kier molecular flexibility index (Phi) is 4.11. The fraction of sp³-hybridized carbons (Fsp3) is 0.500. The van der Waals surface area contributed by atoms with E-state index in [4.69, 9.17) is 5.84 Å². The molecule has 0 bridgehead atoms. The average molecular weight is 267 g/mol. The molecule has 98 valence electrons. The van der Waals surface area contributed by atoms with Crippen molar-refractivity contribution < 1.29 is 9.59 Å². The van der Waals surface area contributed by atoms with Crippen LogP contribution in [0.2, 0.25) is 0 Å². The smallest absolute Gasteiger partial charge is 0.275 e. The number of Topliss-reactive ketones (excluding diaryl/α,β-unsaturated/α-hetero) is 1. The minimum Gasteiger partial charge on any atom is -0.300 e. The summed E-state index contributed by atoms with van der Waals surface area (Å²) in [4.78, 5) is 26.6. The van der Waals surface area contributed by atoms with Crippen LogP contribution < -0.4 is 11.3 Å². The first-order valence-electron chi connectivity index (χ1n) is 5.94. The Labute approximate surface area is 110 Å². The van der Waals surface area contributed by atoms with Crippen molar-refractivity contribution in [3.8, 4) is 0 Å². The molecule has 1 fully saturated rings. The number of rotatable bonds is 3. The number of carbonyl (C=O) groups excluding carboxylic acids is 2. The minimum absolute atomic E-state index is 0.247. The largest absolute Gasteiger partial charge is 0.300 e. The zero-order valence-electron chi connectivity index (χ0n) is 10.4. The number of nitrogens with two attached hydrogens (primary N) is 1. The van der Waals surface area contributed by atoms with Gasteiger partial charge in [-0.3, -0.25) is 19.9 Å². The van der Waals surface area contributed by atoms with Crippen LogP contribution >= 0.6 is 11.3 Å². The third-order valence-electron chi connectivity index (χ3n) is 3.18. The van der Waals surface area contributed by atoms with Gasteiger partial charge in [0.05, 0.1) is 4.88 Å². The van der Waals surface area contributed by atoms with E-state index in [0.29, 0.717) is 23.5 Å². The fourth-order valence-electron chi connectivity index (χ4n) is 2.06. The summed E-state index contributed by atoms with van der Waals surface area (Å²) in [5.41, 5.74) is 3.29. The number of nitrogen functional groups attached to an aromatic ring is 1. The number of aryl methyl sites for hydroxylation is 1. The van der Waals surface area contributed by atoms with Crippen molar-refractivity contribution in [2.24, 2.45) is 5.84 Å². The van der Waals surface area contributed by atoms with Gasteiger partial charge in [-0.25, -0.2) is 5.84 Å². The standard InChI is InChI=1S/C12H17N3O2S/c1-8-9(6-11(18-8)12(17)14-13)7-15-4-2-10(16)3-5-15/h6H,2-5,7,13H2,1H3,(H,14,17). The number of hydrogen-bond acceptors (Lipinski definition) is 5. The van der Waals surface area contributed by atoms with Gasteiger partial charge in [0.1, 0.15) is 5.78 Å². The van der Waals surface area contributed by atoms with E-state index in [1.165, 1.54) is 11.3 Å². The molecule has 2 heterocycles. The molecule has 6 heteroatoms. The lowest BCUT2D eigenvalue weighted by atomic mass is 10.1. The molecule has 0 atom stereocenters. The van der Waals surface area contributed by atoms with Crippen LogP contribution in [0.5, 0.6) is 0 Å². The van der Waals surface area contributed by atoms with Crippen molar-refractivity contribution in [1.29, 1.82) is 0 Å². The van der Waals surface area contributed by atoms with Gasteiger partial charge >= 0.3 is 0 Å². The maximum atomic E-state index is 11.4. The number of carbonyl (C=O) groups is 2. The highest BCUT2D eigenvalue weighted by Crippen LogP contribution is 2.23. The summed E-state index contributed by atoms with van der Waals surface area (Å²) in [6.45, 7) is 4.43. The maximum Gasteiger partial charge on any atom is 0.275 e. The Morgan fingerprint density at radius 3 is 2.78 bits per heavy atom. The van der Waals surface area contributed by atoms with Gasteiger partial charge in [0, 0.05) is 37.4 Å². The predicted octanol–water partition coefficient (Wildman–Crippen LogP) is 0.825. The second-order valence-electron chi connectivity index (χ2n) is 4.48. The van der Waals surface area contributed by atoms with E-state index in [1.807, 2.05) is 13.0 Å². The van der Waals surface area contributed by atoms with Crippen molar-refractivity contribution >= 4 is 23.0 Å². The molecule has 1 saturated heterocycles. The number of thiophene rings is 1. The molecule has 1 amide bonds. The van der Waals surface area contributed by atoms with Crippen LogP contribution in [0.3, 0.4) is 0 Å². The zero-order chi connectivity index (χ0) is 13.1. The monoisotopic (exact) mass is 267 g/mol. The zero-order valence-corrected chi connectivity index (χ0v) is 11.2. The second-order valence-corrected chi connectivity index (χ2v) is 5.74. The Morgan fingerprint density at radius 1 is 1.50 bits per heavy atom. The lowest BCUT2D eigenvalue weighted by molar-refractivity contribution is -0.121. The molecule has 0 radical (unpaired) electrons. The van der Waals surface area contributed by atoms with E-state index < -0.39 is 0 Å². The van der Waals surface area contributed by atoms with E-state index in [0.717, 1.165) is 30.1 Å². The number of piperidine rings is 1. The predicted molar refractivity (Wildman–Crippen MR) is 70.2 cm³/mol. The van der Waals surface area contributed by atoms with E-state index in [9.17, 15) is 9.59 Å². The van der Waals surface area contributed by atoms with Crippen molar-refractivity contribution in [2.75, 3.05) is 13.1 Å². The van der Waals surface area contributed by atoms with E-state index in [1.54, 1.807) is 0 Å². The fourth-order valence-corrected chi connectivity index (χ4v) is 3.00. The molecule has 1 aromatic heterocycles. The van der Waals surface area contributed by atoms with E-state index in [2.05, 4.69) is 10.3 Å². The maximum absolute atomic E-state index is 11.4. The molecular weight excluding hydrogens is 250 g/mol. The number of nitrogens with zero attached hydrogens (tertiary/aromatic N) is 1. The Bertz CT molecular complexity index is 460. The number of hydrogen-bond donors (Lipinski definition) is 2. The third-order valence-corrected chi connectivity index (χ3v) is 4.27. The first-order chi connectivity index (χ1) is 8.60. The normalized spacial score (nSPS) is 16.9. The molecule has 1 aliphatic rings. The number of hydrazine groups is 1. The summed E-state index contributed by atoms with van der Waals surface area (Å²) < 4.78 is 0. The van der Waals surface area contributed by atoms with E-state index >= 15 is 0 Å². The molecule has 2 rings (SSSR count). The summed E-state index contributed by atoms with van der Waals surface area (Å²) in [6.07, 6.45) is 1.28. The quantitative estimate of drug-likeness (QED) is 0.483. The van der Waals surface area contributed by atoms with Gasteiger partial charge in [0.25, 0.3) is 5.91 Å². The van der Waals surface area contributed by atoms with Crippen LogP contribution in [-0.4, -0.2) is 29.7 Å². The molecule has 18 heavy (non-hydrogen) atoms.